The lowest BCUT2D eigenvalue weighted by Gasteiger charge is -2.08. The van der Waals surface area contributed by atoms with Crippen LogP contribution in [-0.4, -0.2) is 19.9 Å². The van der Waals surface area contributed by atoms with Gasteiger partial charge in [0.05, 0.1) is 5.56 Å². The van der Waals surface area contributed by atoms with E-state index in [9.17, 15) is 0 Å². The molecule has 0 atom stereocenters. The Morgan fingerprint density at radius 2 is 0.907 bits per heavy atom. The second-order valence-electron chi connectivity index (χ2n) is 10.3. The van der Waals surface area contributed by atoms with Gasteiger partial charge in [0.1, 0.15) is 11.2 Å². The largest absolute Gasteiger partial charge is 0.455 e. The fourth-order valence-corrected chi connectivity index (χ4v) is 5.53. The summed E-state index contributed by atoms with van der Waals surface area (Å²) in [6.45, 7) is 0. The molecule has 8 aromatic rings. The Hall–Kier alpha value is -5.94. The van der Waals surface area contributed by atoms with Crippen LogP contribution in [0.15, 0.2) is 150 Å². The van der Waals surface area contributed by atoms with Crippen molar-refractivity contribution in [2.75, 3.05) is 0 Å². The lowest BCUT2D eigenvalue weighted by Crippen LogP contribution is -2.00. The second-order valence-corrected chi connectivity index (χ2v) is 10.3. The summed E-state index contributed by atoms with van der Waals surface area (Å²) < 4.78 is 6.72. The Labute approximate surface area is 248 Å². The molecule has 0 bridgehead atoms. The van der Waals surface area contributed by atoms with Crippen LogP contribution in [0.1, 0.15) is 0 Å². The van der Waals surface area contributed by atoms with Crippen LogP contribution in [0, 0.1) is 0 Å². The number of hydrogen-bond donors (Lipinski definition) is 0. The van der Waals surface area contributed by atoms with Crippen molar-refractivity contribution in [1.82, 2.24) is 19.9 Å². The maximum Gasteiger partial charge on any atom is 0.167 e. The van der Waals surface area contributed by atoms with Crippen molar-refractivity contribution in [3.8, 4) is 56.4 Å². The van der Waals surface area contributed by atoms with Crippen LogP contribution in [-0.2, 0) is 0 Å². The van der Waals surface area contributed by atoms with E-state index in [-0.39, 0.29) is 0 Å². The molecule has 0 amide bonds. The number of hydrogen-bond acceptors (Lipinski definition) is 5. The first kappa shape index (κ1) is 24.8. The molecule has 3 heterocycles. The predicted octanol–water partition coefficient (Wildman–Crippen LogP) is 9.50. The molecule has 5 nitrogen and oxygen atoms in total. The van der Waals surface area contributed by atoms with Crippen molar-refractivity contribution >= 4 is 21.9 Å². The second kappa shape index (κ2) is 10.5. The fourth-order valence-electron chi connectivity index (χ4n) is 5.53. The number of aromatic nitrogens is 4. The monoisotopic (exact) mass is 552 g/mol. The average molecular weight is 553 g/mol. The van der Waals surface area contributed by atoms with Crippen molar-refractivity contribution in [2.24, 2.45) is 0 Å². The molecular weight excluding hydrogens is 528 g/mol. The third-order valence-corrected chi connectivity index (χ3v) is 7.66. The Morgan fingerprint density at radius 3 is 1.51 bits per heavy atom. The minimum atomic E-state index is 0.569. The van der Waals surface area contributed by atoms with E-state index in [2.05, 4.69) is 59.6 Å². The lowest BCUT2D eigenvalue weighted by atomic mass is 9.99. The highest BCUT2D eigenvalue weighted by Gasteiger charge is 2.19. The van der Waals surface area contributed by atoms with E-state index in [0.29, 0.717) is 17.5 Å². The van der Waals surface area contributed by atoms with Gasteiger partial charge in [-0.2, -0.15) is 0 Å². The number of benzene rings is 5. The van der Waals surface area contributed by atoms with Gasteiger partial charge in [0, 0.05) is 39.9 Å². The normalized spacial score (nSPS) is 11.3. The van der Waals surface area contributed by atoms with E-state index in [1.54, 1.807) is 6.20 Å². The molecule has 0 aliphatic heterocycles. The van der Waals surface area contributed by atoms with Crippen molar-refractivity contribution in [3.63, 3.8) is 0 Å². The molecule has 202 valence electrons. The predicted molar refractivity (Wildman–Crippen MR) is 172 cm³/mol. The first-order valence-electron chi connectivity index (χ1n) is 14.1. The van der Waals surface area contributed by atoms with Crippen molar-refractivity contribution in [1.29, 1.82) is 0 Å². The highest BCUT2D eigenvalue weighted by atomic mass is 16.3. The van der Waals surface area contributed by atoms with Crippen LogP contribution in [0.25, 0.3) is 78.4 Å². The fraction of sp³-hybridized carbons (Fsp3) is 0. The highest BCUT2D eigenvalue weighted by Crippen LogP contribution is 2.40. The zero-order chi connectivity index (χ0) is 28.6. The summed E-state index contributed by atoms with van der Waals surface area (Å²) in [5, 5.41) is 2.07. The van der Waals surface area contributed by atoms with Crippen LogP contribution >= 0.6 is 0 Å². The maximum atomic E-state index is 6.72. The number of rotatable bonds is 5. The molecule has 0 saturated heterocycles. The van der Waals surface area contributed by atoms with Gasteiger partial charge in [0.25, 0.3) is 0 Å². The SMILES string of the molecule is c1ccc(-c2nc(-c3ccccc3)nc(-c3cccc4c3oc3c(-c5ccc(-c6cccnc6)cc5)cccc34)n2)cc1. The third kappa shape index (κ3) is 4.53. The highest BCUT2D eigenvalue weighted by molar-refractivity contribution is 6.12. The molecule has 5 heteroatoms. The van der Waals surface area contributed by atoms with Crippen LogP contribution < -0.4 is 0 Å². The zero-order valence-electron chi connectivity index (χ0n) is 23.1. The number of furan rings is 1. The van der Waals surface area contributed by atoms with E-state index >= 15 is 0 Å². The molecule has 0 N–H and O–H groups in total. The van der Waals surface area contributed by atoms with Crippen molar-refractivity contribution in [3.05, 3.63) is 146 Å². The molecule has 0 radical (unpaired) electrons. The summed E-state index contributed by atoms with van der Waals surface area (Å²) in [5.41, 5.74) is 8.58. The number of fused-ring (bicyclic) bond motifs is 3. The summed E-state index contributed by atoms with van der Waals surface area (Å²) in [6, 6.07) is 45.0. The Bertz CT molecular complexity index is 2150. The molecule has 0 spiro atoms. The van der Waals surface area contributed by atoms with Gasteiger partial charge in [0.15, 0.2) is 17.5 Å². The minimum Gasteiger partial charge on any atom is -0.455 e. The summed E-state index contributed by atoms with van der Waals surface area (Å²) >= 11 is 0. The molecule has 3 aromatic heterocycles. The van der Waals surface area contributed by atoms with Gasteiger partial charge >= 0.3 is 0 Å². The maximum absolute atomic E-state index is 6.72. The van der Waals surface area contributed by atoms with Gasteiger partial charge < -0.3 is 4.42 Å². The molecule has 0 saturated carbocycles. The molecule has 0 aliphatic rings. The van der Waals surface area contributed by atoms with E-state index in [0.717, 1.165) is 60.9 Å². The van der Waals surface area contributed by atoms with Crippen LogP contribution in [0.2, 0.25) is 0 Å². The molecular formula is C38H24N4O. The summed E-state index contributed by atoms with van der Waals surface area (Å²) in [7, 11) is 0. The first-order valence-corrected chi connectivity index (χ1v) is 14.1. The third-order valence-electron chi connectivity index (χ3n) is 7.66. The lowest BCUT2D eigenvalue weighted by molar-refractivity contribution is 0.670. The minimum absolute atomic E-state index is 0.569. The van der Waals surface area contributed by atoms with Gasteiger partial charge in [-0.1, -0.05) is 121 Å². The summed E-state index contributed by atoms with van der Waals surface area (Å²) in [4.78, 5) is 19.0. The number of para-hydroxylation sites is 2. The number of nitrogens with zero attached hydrogens (tertiary/aromatic N) is 4. The molecule has 0 fully saturated rings. The van der Waals surface area contributed by atoms with Crippen LogP contribution in [0.4, 0.5) is 0 Å². The smallest absolute Gasteiger partial charge is 0.167 e. The quantitative estimate of drug-likeness (QED) is 0.213. The first-order chi connectivity index (χ1) is 21.3. The van der Waals surface area contributed by atoms with E-state index in [1.165, 1.54) is 0 Å². The topological polar surface area (TPSA) is 64.7 Å². The van der Waals surface area contributed by atoms with Gasteiger partial charge in [-0.05, 0) is 28.8 Å². The number of pyridine rings is 1. The molecule has 43 heavy (non-hydrogen) atoms. The molecule has 0 aliphatic carbocycles. The Kier molecular flexibility index (Phi) is 6.05. The molecule has 8 rings (SSSR count). The van der Waals surface area contributed by atoms with Gasteiger partial charge in [-0.15, -0.1) is 0 Å². The Morgan fingerprint density at radius 1 is 0.372 bits per heavy atom. The van der Waals surface area contributed by atoms with Gasteiger partial charge in [-0.25, -0.2) is 15.0 Å². The summed E-state index contributed by atoms with van der Waals surface area (Å²) in [5.74, 6) is 1.80. The zero-order valence-corrected chi connectivity index (χ0v) is 23.1. The summed E-state index contributed by atoms with van der Waals surface area (Å²) in [6.07, 6.45) is 3.67. The van der Waals surface area contributed by atoms with E-state index < -0.39 is 0 Å². The van der Waals surface area contributed by atoms with E-state index in [1.807, 2.05) is 85.1 Å². The molecule has 5 aromatic carbocycles. The van der Waals surface area contributed by atoms with E-state index in [4.69, 9.17) is 19.4 Å². The van der Waals surface area contributed by atoms with Crippen molar-refractivity contribution in [2.45, 2.75) is 0 Å². The molecule has 0 unspecified atom stereocenters. The Balaban J connectivity index is 1.29. The average Bonchev–Trinajstić information content (AvgIpc) is 3.49. The van der Waals surface area contributed by atoms with Gasteiger partial charge in [0.2, 0.25) is 0 Å². The van der Waals surface area contributed by atoms with Crippen LogP contribution in [0.3, 0.4) is 0 Å². The van der Waals surface area contributed by atoms with Crippen LogP contribution in [0.5, 0.6) is 0 Å². The van der Waals surface area contributed by atoms with Crippen molar-refractivity contribution < 1.29 is 4.42 Å². The van der Waals surface area contributed by atoms with Gasteiger partial charge in [-0.3, -0.25) is 4.98 Å². The standard InChI is InChI=1S/C38H24N4O/c1-3-10-27(11-4-1)36-40-37(28-12-5-2-6-13-28)42-38(41-36)33-18-8-17-32-31-16-7-15-30(34(31)43-35(32)33)26-21-19-25(20-22-26)29-14-9-23-39-24-29/h1-24H.